The van der Waals surface area contributed by atoms with E-state index in [2.05, 4.69) is 56.5 Å². The molecule has 0 spiro atoms. The molecule has 0 fully saturated rings. The summed E-state index contributed by atoms with van der Waals surface area (Å²) in [5.74, 6) is 0.0763. The number of carbonyl (C=O) groups is 1. The van der Waals surface area contributed by atoms with E-state index in [1.807, 2.05) is 36.9 Å². The molecular formula is C23H25NOS. The second kappa shape index (κ2) is 7.46. The number of rotatable bonds is 4. The summed E-state index contributed by atoms with van der Waals surface area (Å²) >= 11 is 1.68. The lowest BCUT2D eigenvalue weighted by Gasteiger charge is -2.27. The average Bonchev–Trinajstić information content (AvgIpc) is 3.04. The maximum atomic E-state index is 13.4. The van der Waals surface area contributed by atoms with Crippen molar-refractivity contribution < 1.29 is 4.79 Å². The van der Waals surface area contributed by atoms with Crippen molar-refractivity contribution in [3.8, 4) is 10.4 Å². The summed E-state index contributed by atoms with van der Waals surface area (Å²) in [4.78, 5) is 16.5. The molecule has 0 radical (unpaired) electrons. The lowest BCUT2D eigenvalue weighted by Crippen LogP contribution is -2.37. The predicted octanol–water partition coefficient (Wildman–Crippen LogP) is 6.40. The van der Waals surface area contributed by atoms with Gasteiger partial charge in [-0.15, -0.1) is 11.3 Å². The van der Waals surface area contributed by atoms with Crippen LogP contribution in [0.25, 0.3) is 10.4 Å². The number of hydrogen-bond donors (Lipinski definition) is 0. The van der Waals surface area contributed by atoms with Crippen molar-refractivity contribution in [2.45, 2.75) is 40.7 Å². The second-order valence-corrected chi connectivity index (χ2v) is 7.99. The van der Waals surface area contributed by atoms with Gasteiger partial charge in [-0.3, -0.25) is 4.79 Å². The Bertz CT molecular complexity index is 901. The number of carbonyl (C=O) groups excluding carboxylic acids is 1. The molecule has 0 aliphatic heterocycles. The number of thiophene rings is 1. The summed E-state index contributed by atoms with van der Waals surface area (Å²) in [5, 5.41) is 2.08. The monoisotopic (exact) mass is 363 g/mol. The molecule has 2 nitrogen and oxygen atoms in total. The van der Waals surface area contributed by atoms with Gasteiger partial charge in [0.05, 0.1) is 5.69 Å². The van der Waals surface area contributed by atoms with Crippen LogP contribution in [-0.2, 0) is 0 Å². The first-order valence-corrected chi connectivity index (χ1v) is 9.82. The zero-order chi connectivity index (χ0) is 18.8. The second-order valence-electron chi connectivity index (χ2n) is 7.08. The van der Waals surface area contributed by atoms with Gasteiger partial charge in [-0.1, -0.05) is 48.0 Å². The van der Waals surface area contributed by atoms with Crippen LogP contribution in [0.4, 0.5) is 5.69 Å². The molecule has 0 saturated carbocycles. The molecule has 3 aromatic rings. The first-order chi connectivity index (χ1) is 12.4. The van der Waals surface area contributed by atoms with Crippen LogP contribution in [0.15, 0.2) is 53.9 Å². The third-order valence-corrected chi connectivity index (χ3v) is 5.52. The normalized spacial score (nSPS) is 11.0. The largest absolute Gasteiger partial charge is 0.305 e. The summed E-state index contributed by atoms with van der Waals surface area (Å²) in [6.07, 6.45) is 0. The number of nitrogens with zero attached hydrogens (tertiary/aromatic N) is 1. The molecule has 0 atom stereocenters. The standard InChI is InChI=1S/C23H25NOS/c1-15(2)24(23(25)22-17(4)11-16(3)12-18(22)5)20-13-21(26-14-20)19-9-7-6-8-10-19/h6-15H,1-5H3. The molecule has 1 amide bonds. The summed E-state index contributed by atoms with van der Waals surface area (Å²) in [6, 6.07) is 16.7. The average molecular weight is 364 g/mol. The molecule has 26 heavy (non-hydrogen) atoms. The molecule has 0 unspecified atom stereocenters. The minimum absolute atomic E-state index is 0.0763. The lowest BCUT2D eigenvalue weighted by atomic mass is 9.98. The zero-order valence-corrected chi connectivity index (χ0v) is 16.9. The van der Waals surface area contributed by atoms with E-state index in [0.717, 1.165) is 22.4 Å². The summed E-state index contributed by atoms with van der Waals surface area (Å²) in [6.45, 7) is 10.2. The van der Waals surface area contributed by atoms with E-state index < -0.39 is 0 Å². The Kier molecular flexibility index (Phi) is 5.28. The van der Waals surface area contributed by atoms with E-state index in [9.17, 15) is 4.79 Å². The Balaban J connectivity index is 2.01. The quantitative estimate of drug-likeness (QED) is 0.525. The Morgan fingerprint density at radius 3 is 2.15 bits per heavy atom. The van der Waals surface area contributed by atoms with Gasteiger partial charge in [0.25, 0.3) is 5.91 Å². The van der Waals surface area contributed by atoms with Gasteiger partial charge < -0.3 is 4.90 Å². The molecule has 1 aromatic heterocycles. The molecule has 3 rings (SSSR count). The molecule has 1 heterocycles. The molecule has 0 aliphatic rings. The van der Waals surface area contributed by atoms with Gasteiger partial charge in [0.15, 0.2) is 0 Å². The molecule has 2 aromatic carbocycles. The summed E-state index contributed by atoms with van der Waals surface area (Å²) < 4.78 is 0. The molecule has 0 saturated heterocycles. The van der Waals surface area contributed by atoms with Crippen LogP contribution in [0, 0.1) is 20.8 Å². The van der Waals surface area contributed by atoms with E-state index in [4.69, 9.17) is 0 Å². The van der Waals surface area contributed by atoms with Crippen LogP contribution in [0.2, 0.25) is 0 Å². The minimum atomic E-state index is 0.0763. The van der Waals surface area contributed by atoms with E-state index >= 15 is 0 Å². The first kappa shape index (κ1) is 18.4. The maximum Gasteiger partial charge on any atom is 0.259 e. The van der Waals surface area contributed by atoms with E-state index in [0.29, 0.717) is 0 Å². The smallest absolute Gasteiger partial charge is 0.259 e. The zero-order valence-electron chi connectivity index (χ0n) is 16.0. The molecule has 0 aliphatic carbocycles. The van der Waals surface area contributed by atoms with Crippen molar-refractivity contribution >= 4 is 22.9 Å². The predicted molar refractivity (Wildman–Crippen MR) is 112 cm³/mol. The fourth-order valence-corrected chi connectivity index (χ4v) is 4.38. The van der Waals surface area contributed by atoms with Crippen molar-refractivity contribution in [3.05, 3.63) is 76.2 Å². The molecule has 3 heteroatoms. The Labute approximate surface area is 160 Å². The third kappa shape index (κ3) is 3.58. The van der Waals surface area contributed by atoms with Crippen molar-refractivity contribution in [3.63, 3.8) is 0 Å². The van der Waals surface area contributed by atoms with Gasteiger partial charge in [-0.05, 0) is 57.4 Å². The van der Waals surface area contributed by atoms with Gasteiger partial charge in [-0.25, -0.2) is 0 Å². The van der Waals surface area contributed by atoms with Crippen LogP contribution in [0.1, 0.15) is 40.9 Å². The van der Waals surface area contributed by atoms with E-state index in [-0.39, 0.29) is 11.9 Å². The van der Waals surface area contributed by atoms with Gasteiger partial charge in [0.1, 0.15) is 0 Å². The number of amides is 1. The molecule has 0 bridgehead atoms. The fourth-order valence-electron chi connectivity index (χ4n) is 3.49. The Hall–Kier alpha value is -2.39. The third-order valence-electron chi connectivity index (χ3n) is 4.55. The highest BCUT2D eigenvalue weighted by Gasteiger charge is 2.24. The lowest BCUT2D eigenvalue weighted by molar-refractivity contribution is 0.0979. The van der Waals surface area contributed by atoms with Crippen LogP contribution in [0.5, 0.6) is 0 Å². The first-order valence-electron chi connectivity index (χ1n) is 8.94. The highest BCUT2D eigenvalue weighted by molar-refractivity contribution is 7.14. The summed E-state index contributed by atoms with van der Waals surface area (Å²) in [7, 11) is 0. The molecular weight excluding hydrogens is 338 g/mol. The van der Waals surface area contributed by atoms with Gasteiger partial charge in [-0.2, -0.15) is 0 Å². The van der Waals surface area contributed by atoms with E-state index in [1.54, 1.807) is 11.3 Å². The van der Waals surface area contributed by atoms with Gasteiger partial charge in [0.2, 0.25) is 0 Å². The van der Waals surface area contributed by atoms with Crippen molar-refractivity contribution in [2.24, 2.45) is 0 Å². The topological polar surface area (TPSA) is 20.3 Å². The number of anilines is 1. The number of hydrogen-bond acceptors (Lipinski definition) is 2. The van der Waals surface area contributed by atoms with E-state index in [1.165, 1.54) is 16.0 Å². The van der Waals surface area contributed by atoms with Crippen LogP contribution in [0.3, 0.4) is 0 Å². The number of aryl methyl sites for hydroxylation is 3. The maximum absolute atomic E-state index is 13.4. The number of benzene rings is 2. The van der Waals surface area contributed by atoms with Crippen molar-refractivity contribution in [1.82, 2.24) is 0 Å². The fraction of sp³-hybridized carbons (Fsp3) is 0.261. The Morgan fingerprint density at radius 1 is 0.962 bits per heavy atom. The highest BCUT2D eigenvalue weighted by atomic mass is 32.1. The summed E-state index contributed by atoms with van der Waals surface area (Å²) in [5.41, 5.74) is 6.23. The molecule has 134 valence electrons. The SMILES string of the molecule is Cc1cc(C)c(C(=O)N(c2csc(-c3ccccc3)c2)C(C)C)c(C)c1. The highest BCUT2D eigenvalue weighted by Crippen LogP contribution is 2.34. The van der Waals surface area contributed by atoms with Crippen LogP contribution < -0.4 is 4.90 Å². The van der Waals surface area contributed by atoms with Gasteiger partial charge >= 0.3 is 0 Å². The van der Waals surface area contributed by atoms with Crippen molar-refractivity contribution in [1.29, 1.82) is 0 Å². The minimum Gasteiger partial charge on any atom is -0.305 e. The Morgan fingerprint density at radius 2 is 1.58 bits per heavy atom. The van der Waals surface area contributed by atoms with Crippen LogP contribution >= 0.6 is 11.3 Å². The van der Waals surface area contributed by atoms with Crippen molar-refractivity contribution in [2.75, 3.05) is 4.90 Å². The van der Waals surface area contributed by atoms with Gasteiger partial charge in [0, 0.05) is 21.9 Å². The van der Waals surface area contributed by atoms with Crippen LogP contribution in [-0.4, -0.2) is 11.9 Å². The molecule has 0 N–H and O–H groups in total.